The van der Waals surface area contributed by atoms with Crippen LogP contribution in [0.4, 0.5) is 26.7 Å². The highest BCUT2D eigenvalue weighted by Crippen LogP contribution is 2.44. The summed E-state index contributed by atoms with van der Waals surface area (Å²) in [6.45, 7) is 13.0. The minimum atomic E-state index is -4.84. The number of nitrogens with zero attached hydrogens (tertiary/aromatic N) is 9. The Balaban J connectivity index is 0.000000181. The first-order valence-electron chi connectivity index (χ1n) is 29.4. The number of nitrogens with two attached hydrogens (primary N) is 1. The van der Waals surface area contributed by atoms with Crippen molar-refractivity contribution < 1.29 is 60.8 Å². The molecular weight excluding hydrogens is 1130 g/mol. The molecule has 2 saturated carbocycles. The maximum atomic E-state index is 15.0. The van der Waals surface area contributed by atoms with Crippen LogP contribution in [0.25, 0.3) is 55.6 Å². The summed E-state index contributed by atoms with van der Waals surface area (Å²) in [6.07, 6.45) is -0.751. The summed E-state index contributed by atoms with van der Waals surface area (Å²) in [7, 11) is 3.02. The van der Waals surface area contributed by atoms with Gasteiger partial charge in [-0.3, -0.25) is 19.3 Å². The van der Waals surface area contributed by atoms with Crippen LogP contribution in [0.3, 0.4) is 0 Å². The molecule has 0 radical (unpaired) electrons. The molecule has 8 heterocycles. The van der Waals surface area contributed by atoms with Gasteiger partial charge in [-0.1, -0.05) is 24.3 Å². The van der Waals surface area contributed by atoms with Gasteiger partial charge in [-0.15, -0.1) is 0 Å². The number of piperidine rings is 2. The number of aliphatic hydroxyl groups is 1. The van der Waals surface area contributed by atoms with E-state index in [4.69, 9.17) is 25.4 Å². The molecule has 1 unspecified atom stereocenters. The lowest BCUT2D eigenvalue weighted by atomic mass is 9.94. The molecule has 2 aromatic carbocycles. The number of carboxylic acid groups (broad SMARTS) is 1. The van der Waals surface area contributed by atoms with Crippen molar-refractivity contribution in [3.05, 3.63) is 106 Å². The molecule has 6 aromatic heterocycles. The van der Waals surface area contributed by atoms with Crippen molar-refractivity contribution in [2.75, 3.05) is 40.4 Å². The number of pyridine rings is 2. The zero-order valence-electron chi connectivity index (χ0n) is 50.2. The maximum Gasteiger partial charge on any atom is 0.421 e. The predicted molar refractivity (Wildman–Crippen MR) is 318 cm³/mol. The molecule has 18 nitrogen and oxygen atoms in total. The third-order valence-electron chi connectivity index (χ3n) is 17.6. The second-order valence-corrected chi connectivity index (χ2v) is 25.3. The van der Waals surface area contributed by atoms with Crippen molar-refractivity contribution >= 4 is 56.5 Å². The number of methoxy groups -OCH3 is 2. The number of amides is 3. The van der Waals surface area contributed by atoms with Gasteiger partial charge in [-0.25, -0.2) is 22.6 Å². The molecule has 5 atom stereocenters. The average Bonchev–Trinajstić information content (AvgIpc) is 1.69. The van der Waals surface area contributed by atoms with E-state index in [0.717, 1.165) is 72.6 Å². The molecule has 4 N–H and O–H groups in total. The average molecular weight is 1210 g/mol. The zero-order valence-corrected chi connectivity index (χ0v) is 50.2. The Hall–Kier alpha value is -8.05. The van der Waals surface area contributed by atoms with Crippen LogP contribution in [0.1, 0.15) is 121 Å². The number of alkyl halides is 5. The molecule has 2 saturated heterocycles. The predicted octanol–water partition coefficient (Wildman–Crippen LogP) is 11.2. The highest BCUT2D eigenvalue weighted by Gasteiger charge is 2.51. The van der Waals surface area contributed by atoms with E-state index in [2.05, 4.69) is 10.6 Å². The van der Waals surface area contributed by atoms with Gasteiger partial charge in [0.15, 0.2) is 11.4 Å². The third-order valence-corrected chi connectivity index (χ3v) is 17.6. The molecule has 462 valence electrons. The van der Waals surface area contributed by atoms with Crippen molar-refractivity contribution in [1.29, 1.82) is 0 Å². The molecule has 4 fully saturated rings. The number of carbonyl (C=O) groups excluding carboxylic acids is 3. The van der Waals surface area contributed by atoms with Gasteiger partial charge in [0.1, 0.15) is 46.3 Å². The second-order valence-electron chi connectivity index (χ2n) is 25.3. The summed E-state index contributed by atoms with van der Waals surface area (Å²) < 4.78 is 89.0. The summed E-state index contributed by atoms with van der Waals surface area (Å²) in [6, 6.07) is 16.1. The lowest BCUT2D eigenvalue weighted by molar-refractivity contribution is -0.258. The van der Waals surface area contributed by atoms with E-state index in [-0.39, 0.29) is 67.4 Å². The number of ketones is 1. The number of benzene rings is 2. The summed E-state index contributed by atoms with van der Waals surface area (Å²) in [5.74, 6) is 1.02. The first kappa shape index (κ1) is 60.6. The molecule has 0 spiro atoms. The highest BCUT2D eigenvalue weighted by atomic mass is 19.4. The highest BCUT2D eigenvalue weighted by molar-refractivity contribution is 6.00. The fourth-order valence-electron chi connectivity index (χ4n) is 12.7. The van der Waals surface area contributed by atoms with E-state index < -0.39 is 53.7 Å². The second kappa shape index (κ2) is 22.6. The van der Waals surface area contributed by atoms with E-state index in [0.29, 0.717) is 68.8 Å². The smallest absolute Gasteiger partial charge is 0.421 e. The number of aromatic nitrogens is 6. The summed E-state index contributed by atoms with van der Waals surface area (Å²) in [4.78, 5) is 55.5. The van der Waals surface area contributed by atoms with Crippen molar-refractivity contribution in [3.63, 3.8) is 0 Å². The number of halogens is 5. The number of rotatable bonds is 13. The van der Waals surface area contributed by atoms with Gasteiger partial charge in [0.2, 0.25) is 0 Å². The normalized spacial score (nSPS) is 20.0. The van der Waals surface area contributed by atoms with Crippen LogP contribution in [0.5, 0.6) is 11.5 Å². The van der Waals surface area contributed by atoms with E-state index in [9.17, 15) is 47.0 Å². The maximum absolute atomic E-state index is 15.0. The summed E-state index contributed by atoms with van der Waals surface area (Å²) in [5, 5.41) is 31.8. The lowest BCUT2D eigenvalue weighted by Gasteiger charge is -2.45. The fourth-order valence-corrected chi connectivity index (χ4v) is 12.7. The number of fused-ring (bicyclic) bond motifs is 4. The quantitative estimate of drug-likeness (QED) is 0.0731. The van der Waals surface area contributed by atoms with Crippen molar-refractivity contribution in [3.8, 4) is 34.3 Å². The van der Waals surface area contributed by atoms with Crippen molar-refractivity contribution in [2.24, 2.45) is 17.6 Å². The molecule has 2 aliphatic carbocycles. The Kier molecular flexibility index (Phi) is 15.7. The van der Waals surface area contributed by atoms with E-state index >= 15 is 4.39 Å². The van der Waals surface area contributed by atoms with Crippen LogP contribution in [0, 0.1) is 25.7 Å². The Bertz CT molecular complexity index is 4030. The first-order valence-corrected chi connectivity index (χ1v) is 29.4. The third kappa shape index (κ3) is 11.6. The SMILES string of the molecule is COc1cc(C(=O)N2C[C@H](F)C[C@@H](N(C(=O)O)C(C)(C)C)C2)cn2nc(-c3cc4ccc(C(C)=O)cc4n3CC3CC3)c(C)c12.COc1cc(C(=O)N2C[C@H](N)C[C@@H](F)C2)cn2nc(-c3cc4ccc(C(C)(O)C(F)(F)F)cc4n3CC3CC3)c(C)c12. The molecule has 2 aliphatic heterocycles. The van der Waals surface area contributed by atoms with Crippen LogP contribution in [-0.4, -0.2) is 154 Å². The molecular formula is C64H73F5N10O8. The number of aryl methyl sites for hydroxylation is 2. The minimum absolute atomic E-state index is 0.0108. The van der Waals surface area contributed by atoms with Crippen LogP contribution in [0.2, 0.25) is 0 Å². The molecule has 87 heavy (non-hydrogen) atoms. The number of hydrogen-bond acceptors (Lipinski definition) is 10. The molecule has 8 aromatic rings. The lowest BCUT2D eigenvalue weighted by Crippen LogP contribution is -2.59. The van der Waals surface area contributed by atoms with Crippen LogP contribution in [-0.2, 0) is 18.7 Å². The van der Waals surface area contributed by atoms with Crippen molar-refractivity contribution in [1.82, 2.24) is 43.1 Å². The number of hydrogen-bond donors (Lipinski definition) is 3. The van der Waals surface area contributed by atoms with Gasteiger partial charge in [0, 0.05) is 95.1 Å². The topological polar surface area (TPSA) is 207 Å². The van der Waals surface area contributed by atoms with Gasteiger partial charge in [-0.2, -0.15) is 23.4 Å². The van der Waals surface area contributed by atoms with Gasteiger partial charge in [-0.05, 0) is 134 Å². The van der Waals surface area contributed by atoms with E-state index in [1.54, 1.807) is 67.3 Å². The van der Waals surface area contributed by atoms with E-state index in [1.807, 2.05) is 42.7 Å². The number of ether oxygens (including phenoxy) is 2. The summed E-state index contributed by atoms with van der Waals surface area (Å²) in [5.41, 5.74) is 10.6. The Morgan fingerprint density at radius 1 is 0.667 bits per heavy atom. The molecule has 4 aliphatic rings. The van der Waals surface area contributed by atoms with Crippen LogP contribution < -0.4 is 15.2 Å². The Morgan fingerprint density at radius 2 is 1.14 bits per heavy atom. The Morgan fingerprint density at radius 3 is 1.57 bits per heavy atom. The van der Waals surface area contributed by atoms with Gasteiger partial charge in [0.25, 0.3) is 11.8 Å². The zero-order chi connectivity index (χ0) is 62.5. The van der Waals surface area contributed by atoms with Crippen molar-refractivity contribution in [2.45, 2.75) is 142 Å². The van der Waals surface area contributed by atoms with Crippen LogP contribution in [0.15, 0.2) is 73.1 Å². The molecule has 23 heteroatoms. The molecule has 12 rings (SSSR count). The molecule has 3 amide bonds. The Labute approximate surface area is 499 Å². The van der Waals surface area contributed by atoms with Gasteiger partial charge in [0.05, 0.1) is 55.9 Å². The number of likely N-dealkylation sites (tertiary alicyclic amines) is 2. The van der Waals surface area contributed by atoms with Gasteiger partial charge < -0.3 is 44.4 Å². The molecule has 0 bridgehead atoms. The summed E-state index contributed by atoms with van der Waals surface area (Å²) >= 11 is 0. The number of Topliss-reactive ketones (excluding diaryl/α,β-unsaturated/α-hetero) is 1. The monoisotopic (exact) mass is 1200 g/mol. The fraction of sp³-hybridized carbons (Fsp3) is 0.469. The first-order chi connectivity index (χ1) is 41.0. The van der Waals surface area contributed by atoms with Gasteiger partial charge >= 0.3 is 12.3 Å². The minimum Gasteiger partial charge on any atom is -0.494 e. The van der Waals surface area contributed by atoms with E-state index in [1.165, 1.54) is 41.1 Å². The largest absolute Gasteiger partial charge is 0.494 e. The van der Waals surface area contributed by atoms with Crippen LogP contribution >= 0.6 is 0 Å². The number of carbonyl (C=O) groups is 4. The standard InChI is InChI=1S/C34H40FN5O5.C30H33F4N5O3/c1-19-30(28-12-23-10-9-22(20(2)41)11-27(23)38(28)15-21-7-8-21)36-39-16-24(13-29(45-6)31(19)39)32(42)37-17-25(35)14-26(18-37)40(33(43)44)34(3,4)5;1-16-26(36-39-13-19(9-25(42-3)27(16)39)28(40)37-14-21(31)11-22(35)15-37)24-8-18-6-7-20(29(2,41)30(32,33)34)10-23(18)38(24)12-17-4-5-17/h9-13,16,21,25-26H,7-8,14-15,17-18H2,1-6H3,(H,43,44);6-10,13,17,21-22,41H,4-5,11-12,14-15,35H2,1-3H3/t25-,26-;21-,22-,29?/m11/s1.